The Balaban J connectivity index is 1.20. The highest BCUT2D eigenvalue weighted by Crippen LogP contribution is 2.38. The van der Waals surface area contributed by atoms with Crippen LogP contribution in [0.5, 0.6) is 0 Å². The number of ether oxygens (including phenoxy) is 1. The summed E-state index contributed by atoms with van der Waals surface area (Å²) < 4.78 is 36.2. The van der Waals surface area contributed by atoms with Crippen LogP contribution < -0.4 is 0 Å². The van der Waals surface area contributed by atoms with Gasteiger partial charge in [0.1, 0.15) is 18.2 Å². The third-order valence-electron chi connectivity index (χ3n) is 7.45. The molecule has 0 bridgehead atoms. The zero-order valence-electron chi connectivity index (χ0n) is 19.5. The van der Waals surface area contributed by atoms with Crippen LogP contribution >= 0.6 is 11.6 Å². The lowest BCUT2D eigenvalue weighted by atomic mass is 9.88. The van der Waals surface area contributed by atoms with E-state index in [1.165, 1.54) is 17.0 Å². The van der Waals surface area contributed by atoms with Gasteiger partial charge in [-0.1, -0.05) is 29.8 Å². The van der Waals surface area contributed by atoms with E-state index in [0.29, 0.717) is 41.2 Å². The quantitative estimate of drug-likeness (QED) is 0.509. The summed E-state index contributed by atoms with van der Waals surface area (Å²) in [5.41, 5.74) is 0.452. The molecule has 2 aromatic carbocycles. The monoisotopic (exact) mass is 511 g/mol. The molecule has 1 saturated carbocycles. The van der Waals surface area contributed by atoms with Crippen molar-refractivity contribution in [1.82, 2.24) is 14.8 Å². The number of morpholine rings is 1. The molecule has 1 atom stereocenters. The first kappa shape index (κ1) is 23.3. The Hall–Kier alpha value is -3.10. The Kier molecular flexibility index (Phi) is 5.68. The Morgan fingerprint density at radius 3 is 2.61 bits per heavy atom. The van der Waals surface area contributed by atoms with Crippen molar-refractivity contribution in [3.8, 4) is 11.1 Å². The van der Waals surface area contributed by atoms with E-state index in [4.69, 9.17) is 16.3 Å². The van der Waals surface area contributed by atoms with E-state index in [2.05, 4.69) is 4.98 Å². The van der Waals surface area contributed by atoms with Gasteiger partial charge >= 0.3 is 0 Å². The van der Waals surface area contributed by atoms with Crippen molar-refractivity contribution in [2.24, 2.45) is 0 Å². The number of likely N-dealkylation sites (tertiary alicyclic amines) is 1. The molecule has 6 rings (SSSR count). The maximum Gasteiger partial charge on any atom is 0.248 e. The summed E-state index contributed by atoms with van der Waals surface area (Å²) in [5, 5.41) is 1.15. The Morgan fingerprint density at radius 1 is 1.11 bits per heavy atom. The molecule has 9 heteroatoms. The molecule has 1 aromatic heterocycles. The zero-order chi connectivity index (χ0) is 25.0. The van der Waals surface area contributed by atoms with Crippen molar-refractivity contribution in [3.63, 3.8) is 0 Å². The van der Waals surface area contributed by atoms with Gasteiger partial charge in [0.15, 0.2) is 0 Å². The summed E-state index contributed by atoms with van der Waals surface area (Å²) in [5.74, 6) is -1.76. The molecule has 3 aromatic rings. The van der Waals surface area contributed by atoms with E-state index in [0.717, 1.165) is 18.2 Å². The number of rotatable bonds is 4. The third kappa shape index (κ3) is 4.12. The van der Waals surface area contributed by atoms with Gasteiger partial charge in [-0.25, -0.2) is 8.78 Å². The van der Waals surface area contributed by atoms with E-state index < -0.39 is 17.2 Å². The minimum atomic E-state index is -0.741. The van der Waals surface area contributed by atoms with Crippen molar-refractivity contribution in [3.05, 3.63) is 64.8 Å². The topological polar surface area (TPSA) is 62.7 Å². The summed E-state index contributed by atoms with van der Waals surface area (Å²) in [4.78, 5) is 32.8. The van der Waals surface area contributed by atoms with E-state index >= 15 is 8.78 Å². The number of fused-ring (bicyclic) bond motifs is 1. The lowest BCUT2D eigenvalue weighted by molar-refractivity contribution is -0.178. The Bertz CT molecular complexity index is 1370. The number of halogens is 3. The van der Waals surface area contributed by atoms with Crippen molar-refractivity contribution in [2.75, 3.05) is 19.7 Å². The number of pyridine rings is 1. The number of amides is 2. The molecule has 186 valence electrons. The molecule has 0 radical (unpaired) electrons. The lowest BCUT2D eigenvalue weighted by Crippen LogP contribution is -2.60. The maximum atomic E-state index is 15.2. The molecule has 3 fully saturated rings. The highest BCUT2D eigenvalue weighted by molar-refractivity contribution is 6.37. The predicted molar refractivity (Wildman–Crippen MR) is 130 cm³/mol. The molecule has 1 spiro atoms. The van der Waals surface area contributed by atoms with E-state index in [-0.39, 0.29) is 43.0 Å². The molecule has 1 aliphatic carbocycles. The highest BCUT2D eigenvalue weighted by Gasteiger charge is 2.48. The van der Waals surface area contributed by atoms with Crippen LogP contribution in [-0.2, 0) is 20.9 Å². The fourth-order valence-corrected chi connectivity index (χ4v) is 5.59. The molecular formula is C27H24ClF2N3O3. The van der Waals surface area contributed by atoms with Crippen LogP contribution in [0, 0.1) is 11.6 Å². The van der Waals surface area contributed by atoms with Crippen molar-refractivity contribution in [1.29, 1.82) is 0 Å². The second kappa shape index (κ2) is 8.78. The van der Waals surface area contributed by atoms with Gasteiger partial charge in [0.2, 0.25) is 11.8 Å². The number of nitrogens with zero attached hydrogens (tertiary/aromatic N) is 3. The van der Waals surface area contributed by atoms with Crippen molar-refractivity contribution < 1.29 is 23.1 Å². The third-order valence-corrected chi connectivity index (χ3v) is 7.83. The summed E-state index contributed by atoms with van der Waals surface area (Å²) in [6, 6.07) is 9.91. The number of hydrogen-bond donors (Lipinski definition) is 0. The number of benzene rings is 2. The van der Waals surface area contributed by atoms with Crippen LogP contribution in [0.3, 0.4) is 0 Å². The molecule has 36 heavy (non-hydrogen) atoms. The average Bonchev–Trinajstić information content (AvgIpc) is 3.70. The summed E-state index contributed by atoms with van der Waals surface area (Å²) >= 11 is 6.51. The number of aromatic nitrogens is 1. The zero-order valence-corrected chi connectivity index (χ0v) is 20.2. The minimum Gasteiger partial charge on any atom is -0.363 e. The van der Waals surface area contributed by atoms with E-state index in [1.807, 2.05) is 11.0 Å². The first-order valence-corrected chi connectivity index (χ1v) is 12.4. The van der Waals surface area contributed by atoms with Crippen molar-refractivity contribution in [2.45, 2.75) is 43.9 Å². The van der Waals surface area contributed by atoms with E-state index in [9.17, 15) is 9.59 Å². The van der Waals surface area contributed by atoms with E-state index in [1.54, 1.807) is 24.4 Å². The second-order valence-electron chi connectivity index (χ2n) is 9.89. The van der Waals surface area contributed by atoms with Gasteiger partial charge in [-0.15, -0.1) is 0 Å². The molecule has 2 saturated heterocycles. The SMILES string of the molecule is O=C1CC2(CCN1Cc1c(F)cc(-c3ccc4cccnc4c3Cl)cc1F)CN(C1CC1)C(=O)CO2. The maximum absolute atomic E-state index is 15.2. The van der Waals surface area contributed by atoms with Gasteiger partial charge in [-0.05, 0) is 43.0 Å². The standard InChI is InChI=1S/C27H24ClF2N3O3/c28-25-19(6-3-16-2-1-8-31-26(16)25)17-10-21(29)20(22(30)11-17)13-32-9-7-27(12-23(32)34)15-33(18-4-5-18)24(35)14-36-27/h1-3,6,8,10-11,18H,4-5,7,9,12-15H2. The van der Waals surface area contributed by atoms with Crippen LogP contribution in [0.4, 0.5) is 8.78 Å². The highest BCUT2D eigenvalue weighted by atomic mass is 35.5. The predicted octanol–water partition coefficient (Wildman–Crippen LogP) is 4.72. The van der Waals surface area contributed by atoms with Crippen LogP contribution in [-0.4, -0.2) is 57.9 Å². The first-order valence-electron chi connectivity index (χ1n) is 12.1. The van der Waals surface area contributed by atoms with Gasteiger partial charge in [0.05, 0.1) is 35.7 Å². The summed E-state index contributed by atoms with van der Waals surface area (Å²) in [6.07, 6.45) is 4.18. The smallest absolute Gasteiger partial charge is 0.248 e. The molecular weight excluding hydrogens is 488 g/mol. The van der Waals surface area contributed by atoms with Crippen LogP contribution in [0.25, 0.3) is 22.0 Å². The molecule has 2 aliphatic heterocycles. The molecule has 0 N–H and O–H groups in total. The number of piperidine rings is 1. The van der Waals surface area contributed by atoms with Gasteiger partial charge < -0.3 is 14.5 Å². The van der Waals surface area contributed by atoms with Crippen LogP contribution in [0.15, 0.2) is 42.6 Å². The summed E-state index contributed by atoms with van der Waals surface area (Å²) in [7, 11) is 0. The average molecular weight is 512 g/mol. The lowest BCUT2D eigenvalue weighted by Gasteiger charge is -2.46. The molecule has 3 heterocycles. The molecule has 3 aliphatic rings. The van der Waals surface area contributed by atoms with Gasteiger partial charge in [0, 0.05) is 35.3 Å². The molecule has 1 unspecified atom stereocenters. The minimum absolute atomic E-state index is 0.0264. The fourth-order valence-electron chi connectivity index (χ4n) is 5.26. The molecule has 2 amide bonds. The normalized spacial score (nSPS) is 22.6. The number of carbonyl (C=O) groups excluding carboxylic acids is 2. The fraction of sp³-hybridized carbons (Fsp3) is 0.370. The molecule has 6 nitrogen and oxygen atoms in total. The second-order valence-corrected chi connectivity index (χ2v) is 10.3. The Labute approximate surface area is 211 Å². The van der Waals surface area contributed by atoms with Crippen molar-refractivity contribution >= 4 is 34.3 Å². The van der Waals surface area contributed by atoms with Crippen LogP contribution in [0.1, 0.15) is 31.2 Å². The largest absolute Gasteiger partial charge is 0.363 e. The van der Waals surface area contributed by atoms with Gasteiger partial charge in [0.25, 0.3) is 0 Å². The number of hydrogen-bond acceptors (Lipinski definition) is 4. The van der Waals surface area contributed by atoms with Crippen LogP contribution in [0.2, 0.25) is 5.02 Å². The summed E-state index contributed by atoms with van der Waals surface area (Å²) in [6.45, 7) is 0.496. The Morgan fingerprint density at radius 2 is 1.89 bits per heavy atom. The number of carbonyl (C=O) groups is 2. The van der Waals surface area contributed by atoms with Gasteiger partial charge in [-0.2, -0.15) is 0 Å². The van der Waals surface area contributed by atoms with Gasteiger partial charge in [-0.3, -0.25) is 14.6 Å². The first-order chi connectivity index (χ1) is 17.3.